The molecule has 0 aliphatic heterocycles. The Bertz CT molecular complexity index is 978. The van der Waals surface area contributed by atoms with Crippen LogP contribution in [0.2, 0.25) is 0 Å². The smallest absolute Gasteiger partial charge is 0.270 e. The van der Waals surface area contributed by atoms with E-state index in [4.69, 9.17) is 4.74 Å². The summed E-state index contributed by atoms with van der Waals surface area (Å²) in [7, 11) is 1.59. The van der Waals surface area contributed by atoms with Crippen LogP contribution in [0.25, 0.3) is 0 Å². The van der Waals surface area contributed by atoms with Crippen LogP contribution in [0.15, 0.2) is 54.6 Å². The van der Waals surface area contributed by atoms with Gasteiger partial charge in [-0.3, -0.25) is 4.79 Å². The van der Waals surface area contributed by atoms with Gasteiger partial charge in [-0.15, -0.1) is 0 Å². The number of amides is 1. The fraction of sp³-hybridized carbons (Fsp3) is 0.190. The van der Waals surface area contributed by atoms with Gasteiger partial charge in [0.2, 0.25) is 5.95 Å². The van der Waals surface area contributed by atoms with Crippen molar-refractivity contribution in [2.75, 3.05) is 12.4 Å². The Morgan fingerprint density at radius 3 is 2.50 bits per heavy atom. The molecular formula is C21H21FN4O2. The molecule has 0 saturated carbocycles. The molecule has 1 heterocycles. The summed E-state index contributed by atoms with van der Waals surface area (Å²) >= 11 is 0. The first-order valence-corrected chi connectivity index (χ1v) is 8.80. The van der Waals surface area contributed by atoms with Crippen molar-refractivity contribution in [2.45, 2.75) is 20.0 Å². The van der Waals surface area contributed by atoms with Crippen LogP contribution in [-0.4, -0.2) is 23.0 Å². The quantitative estimate of drug-likeness (QED) is 0.656. The number of nitrogens with one attached hydrogen (secondary N) is 2. The highest BCUT2D eigenvalue weighted by molar-refractivity contribution is 5.92. The Hall–Kier alpha value is -3.48. The number of nitrogens with zero attached hydrogens (tertiary/aromatic N) is 2. The van der Waals surface area contributed by atoms with Crippen molar-refractivity contribution in [3.63, 3.8) is 0 Å². The number of hydrogen-bond acceptors (Lipinski definition) is 5. The van der Waals surface area contributed by atoms with Crippen LogP contribution in [0.5, 0.6) is 5.75 Å². The largest absolute Gasteiger partial charge is 0.496 e. The van der Waals surface area contributed by atoms with Crippen LogP contribution >= 0.6 is 0 Å². The Morgan fingerprint density at radius 1 is 1.04 bits per heavy atom. The second kappa shape index (κ2) is 8.94. The van der Waals surface area contributed by atoms with Crippen molar-refractivity contribution in [1.82, 2.24) is 15.3 Å². The van der Waals surface area contributed by atoms with E-state index in [9.17, 15) is 9.18 Å². The number of para-hydroxylation sites is 1. The van der Waals surface area contributed by atoms with Crippen molar-refractivity contribution in [3.05, 3.63) is 82.9 Å². The molecule has 6 nitrogen and oxygen atoms in total. The average molecular weight is 380 g/mol. The molecule has 0 aliphatic carbocycles. The summed E-state index contributed by atoms with van der Waals surface area (Å²) in [6.45, 7) is 2.30. The molecule has 0 fully saturated rings. The zero-order chi connectivity index (χ0) is 19.9. The zero-order valence-electron chi connectivity index (χ0n) is 15.7. The lowest BCUT2D eigenvalue weighted by molar-refractivity contribution is 0.0945. The van der Waals surface area contributed by atoms with E-state index in [2.05, 4.69) is 20.6 Å². The summed E-state index contributed by atoms with van der Waals surface area (Å²) in [5.41, 5.74) is 2.23. The first-order valence-electron chi connectivity index (χ1n) is 8.80. The highest BCUT2D eigenvalue weighted by Gasteiger charge is 2.12. The SMILES string of the molecule is COc1ccccc1CNC(=O)c1cc(C)nc(NCc2ccccc2F)n1. The maximum Gasteiger partial charge on any atom is 0.270 e. The maximum atomic E-state index is 13.7. The second-order valence-corrected chi connectivity index (χ2v) is 6.16. The number of rotatable bonds is 7. The minimum absolute atomic E-state index is 0.221. The monoisotopic (exact) mass is 380 g/mol. The number of methoxy groups -OCH3 is 1. The van der Waals surface area contributed by atoms with Crippen molar-refractivity contribution in [3.8, 4) is 5.75 Å². The lowest BCUT2D eigenvalue weighted by Gasteiger charge is -2.11. The zero-order valence-corrected chi connectivity index (χ0v) is 15.7. The fourth-order valence-corrected chi connectivity index (χ4v) is 2.70. The number of aromatic nitrogens is 2. The van der Waals surface area contributed by atoms with Crippen LogP contribution in [0.4, 0.5) is 10.3 Å². The number of carbonyl (C=O) groups excluding carboxylic acids is 1. The molecule has 144 valence electrons. The molecule has 3 rings (SSSR count). The Balaban J connectivity index is 1.68. The van der Waals surface area contributed by atoms with Gasteiger partial charge in [-0.25, -0.2) is 14.4 Å². The van der Waals surface area contributed by atoms with Crippen LogP contribution in [0.3, 0.4) is 0 Å². The second-order valence-electron chi connectivity index (χ2n) is 6.16. The summed E-state index contributed by atoms with van der Waals surface area (Å²) in [6, 6.07) is 15.5. The normalized spacial score (nSPS) is 10.4. The van der Waals surface area contributed by atoms with Crippen molar-refractivity contribution >= 4 is 11.9 Å². The number of anilines is 1. The topological polar surface area (TPSA) is 76.1 Å². The first-order chi connectivity index (χ1) is 13.6. The maximum absolute atomic E-state index is 13.7. The van der Waals surface area contributed by atoms with Crippen molar-refractivity contribution in [2.24, 2.45) is 0 Å². The van der Waals surface area contributed by atoms with Gasteiger partial charge in [0.15, 0.2) is 0 Å². The number of aryl methyl sites for hydroxylation is 1. The molecule has 0 bridgehead atoms. The molecule has 1 amide bonds. The third kappa shape index (κ3) is 4.82. The molecule has 0 unspecified atom stereocenters. The lowest BCUT2D eigenvalue weighted by Crippen LogP contribution is -2.25. The molecule has 7 heteroatoms. The van der Waals surface area contributed by atoms with Gasteiger partial charge in [0.1, 0.15) is 17.3 Å². The summed E-state index contributed by atoms with van der Waals surface area (Å²) in [4.78, 5) is 21.0. The van der Waals surface area contributed by atoms with E-state index in [1.165, 1.54) is 6.07 Å². The number of benzene rings is 2. The third-order valence-electron chi connectivity index (χ3n) is 4.11. The van der Waals surface area contributed by atoms with E-state index in [0.717, 1.165) is 5.56 Å². The standard InChI is InChI=1S/C21H21FN4O2/c1-14-11-18(20(27)23-13-16-8-4-6-10-19(16)28-2)26-21(25-14)24-12-15-7-3-5-9-17(15)22/h3-11H,12-13H2,1-2H3,(H,23,27)(H,24,25,26). The van der Waals surface area contributed by atoms with Gasteiger partial charge in [0.05, 0.1) is 7.11 Å². The molecule has 0 saturated heterocycles. The highest BCUT2D eigenvalue weighted by Crippen LogP contribution is 2.17. The van der Waals surface area contributed by atoms with E-state index >= 15 is 0 Å². The van der Waals surface area contributed by atoms with E-state index in [-0.39, 0.29) is 29.9 Å². The Kier molecular flexibility index (Phi) is 6.16. The average Bonchev–Trinajstić information content (AvgIpc) is 2.71. The van der Waals surface area contributed by atoms with Gasteiger partial charge in [-0.2, -0.15) is 0 Å². The Morgan fingerprint density at radius 2 is 1.75 bits per heavy atom. The van der Waals surface area contributed by atoms with Crippen LogP contribution in [-0.2, 0) is 13.1 Å². The molecule has 1 aromatic heterocycles. The van der Waals surface area contributed by atoms with Crippen LogP contribution in [0.1, 0.15) is 27.3 Å². The minimum Gasteiger partial charge on any atom is -0.496 e. The van der Waals surface area contributed by atoms with E-state index in [1.54, 1.807) is 38.3 Å². The van der Waals surface area contributed by atoms with Crippen molar-refractivity contribution in [1.29, 1.82) is 0 Å². The van der Waals surface area contributed by atoms with Gasteiger partial charge in [0.25, 0.3) is 5.91 Å². The third-order valence-corrected chi connectivity index (χ3v) is 4.11. The van der Waals surface area contributed by atoms with Gasteiger partial charge < -0.3 is 15.4 Å². The molecule has 0 aliphatic rings. The number of ether oxygens (including phenoxy) is 1. The first kappa shape index (κ1) is 19.3. The molecular weight excluding hydrogens is 359 g/mol. The fourth-order valence-electron chi connectivity index (χ4n) is 2.70. The van der Waals surface area contributed by atoms with E-state index in [0.29, 0.717) is 23.6 Å². The summed E-state index contributed by atoms with van der Waals surface area (Å²) in [5, 5.41) is 5.80. The highest BCUT2D eigenvalue weighted by atomic mass is 19.1. The van der Waals surface area contributed by atoms with E-state index in [1.807, 2.05) is 24.3 Å². The number of hydrogen-bond donors (Lipinski definition) is 2. The van der Waals surface area contributed by atoms with Crippen LogP contribution in [0, 0.1) is 12.7 Å². The van der Waals surface area contributed by atoms with Gasteiger partial charge >= 0.3 is 0 Å². The van der Waals surface area contributed by atoms with Crippen LogP contribution < -0.4 is 15.4 Å². The van der Waals surface area contributed by atoms with Crippen molar-refractivity contribution < 1.29 is 13.9 Å². The molecule has 2 aromatic carbocycles. The molecule has 0 atom stereocenters. The minimum atomic E-state index is -0.328. The van der Waals surface area contributed by atoms with Gasteiger partial charge in [-0.1, -0.05) is 36.4 Å². The molecule has 2 N–H and O–H groups in total. The molecule has 0 spiro atoms. The predicted octanol–water partition coefficient (Wildman–Crippen LogP) is 3.47. The molecule has 3 aromatic rings. The number of halogens is 1. The predicted molar refractivity (Wildman–Crippen MR) is 105 cm³/mol. The molecule has 0 radical (unpaired) electrons. The van der Waals surface area contributed by atoms with E-state index < -0.39 is 0 Å². The summed E-state index contributed by atoms with van der Waals surface area (Å²) in [6.07, 6.45) is 0. The summed E-state index contributed by atoms with van der Waals surface area (Å²) in [5.74, 6) is 0.336. The Labute approximate surface area is 162 Å². The summed E-state index contributed by atoms with van der Waals surface area (Å²) < 4.78 is 19.0. The van der Waals surface area contributed by atoms with Gasteiger partial charge in [-0.05, 0) is 25.1 Å². The molecule has 28 heavy (non-hydrogen) atoms. The number of carbonyl (C=O) groups is 1. The van der Waals surface area contributed by atoms with Gasteiger partial charge in [0, 0.05) is 29.9 Å². The lowest BCUT2D eigenvalue weighted by atomic mass is 10.2.